The first kappa shape index (κ1) is 20.3. The standard InChI is InChI=1S/C21H26F2N2O3/c1-12-11-15(9-10-24(12)20(26)19(22)23)13(2)25-14(3)18(21(27)28-4)16-7-5-6-8-17(16)25/h5-8,12-13,15,19H,9-11H2,1-4H3. The van der Waals surface area contributed by atoms with Gasteiger partial charge < -0.3 is 14.2 Å². The Hall–Kier alpha value is -2.44. The molecule has 7 heteroatoms. The number of aromatic nitrogens is 1. The van der Waals surface area contributed by atoms with Crippen molar-refractivity contribution < 1.29 is 23.1 Å². The topological polar surface area (TPSA) is 51.5 Å². The van der Waals surface area contributed by atoms with Gasteiger partial charge in [0.2, 0.25) is 0 Å². The molecule has 0 bridgehead atoms. The van der Waals surface area contributed by atoms with Crippen LogP contribution < -0.4 is 0 Å². The van der Waals surface area contributed by atoms with Gasteiger partial charge in [0.05, 0.1) is 12.7 Å². The van der Waals surface area contributed by atoms with Crippen molar-refractivity contribution in [3.05, 3.63) is 35.5 Å². The molecule has 3 unspecified atom stereocenters. The number of hydrogen-bond acceptors (Lipinski definition) is 3. The maximum Gasteiger partial charge on any atom is 0.340 e. The second-order valence-corrected chi connectivity index (χ2v) is 7.55. The zero-order chi connectivity index (χ0) is 20.6. The highest BCUT2D eigenvalue weighted by atomic mass is 19.3. The molecule has 0 aliphatic carbocycles. The second-order valence-electron chi connectivity index (χ2n) is 7.55. The van der Waals surface area contributed by atoms with Crippen LogP contribution in [0, 0.1) is 12.8 Å². The number of carbonyl (C=O) groups is 2. The van der Waals surface area contributed by atoms with Crippen molar-refractivity contribution in [3.63, 3.8) is 0 Å². The molecular weight excluding hydrogens is 366 g/mol. The Kier molecular flexibility index (Phi) is 5.72. The summed E-state index contributed by atoms with van der Waals surface area (Å²) in [5, 5.41) is 0.845. The maximum absolute atomic E-state index is 12.8. The molecule has 1 aromatic heterocycles. The number of amides is 1. The fourth-order valence-corrected chi connectivity index (χ4v) is 4.59. The van der Waals surface area contributed by atoms with Crippen LogP contribution in [0.25, 0.3) is 10.9 Å². The summed E-state index contributed by atoms with van der Waals surface area (Å²) in [6.45, 7) is 6.13. The molecule has 2 aromatic rings. The normalized spacial score (nSPS) is 21.2. The summed E-state index contributed by atoms with van der Waals surface area (Å²) >= 11 is 0. The summed E-state index contributed by atoms with van der Waals surface area (Å²) in [4.78, 5) is 25.3. The van der Waals surface area contributed by atoms with Gasteiger partial charge in [-0.3, -0.25) is 4.79 Å². The molecule has 1 amide bonds. The van der Waals surface area contributed by atoms with E-state index in [1.165, 1.54) is 12.0 Å². The van der Waals surface area contributed by atoms with Gasteiger partial charge in [-0.05, 0) is 45.6 Å². The molecule has 0 N–H and O–H groups in total. The van der Waals surface area contributed by atoms with E-state index in [9.17, 15) is 18.4 Å². The highest BCUT2D eigenvalue weighted by molar-refractivity contribution is 6.05. The highest BCUT2D eigenvalue weighted by Gasteiger charge is 2.36. The number of fused-ring (bicyclic) bond motifs is 1. The number of carbonyl (C=O) groups excluding carboxylic acids is 2. The fraction of sp³-hybridized carbons (Fsp3) is 0.524. The minimum Gasteiger partial charge on any atom is -0.465 e. The Bertz CT molecular complexity index is 893. The molecule has 0 spiro atoms. The van der Waals surface area contributed by atoms with Crippen LogP contribution in [0.3, 0.4) is 0 Å². The molecule has 5 nitrogen and oxygen atoms in total. The predicted molar refractivity (Wildman–Crippen MR) is 103 cm³/mol. The molecule has 1 aliphatic heterocycles. The maximum atomic E-state index is 12.8. The molecule has 1 saturated heterocycles. The van der Waals surface area contributed by atoms with Crippen molar-refractivity contribution in [2.75, 3.05) is 13.7 Å². The van der Waals surface area contributed by atoms with Gasteiger partial charge >= 0.3 is 12.4 Å². The van der Waals surface area contributed by atoms with Crippen molar-refractivity contribution >= 4 is 22.8 Å². The molecular formula is C21H26F2N2O3. The lowest BCUT2D eigenvalue weighted by Crippen LogP contribution is -2.48. The minimum atomic E-state index is -2.96. The number of halogens is 2. The Morgan fingerprint density at radius 2 is 1.93 bits per heavy atom. The third kappa shape index (κ3) is 3.38. The number of rotatable bonds is 4. The van der Waals surface area contributed by atoms with Crippen LogP contribution in [0.15, 0.2) is 24.3 Å². The number of para-hydroxylation sites is 1. The van der Waals surface area contributed by atoms with E-state index in [-0.39, 0.29) is 24.0 Å². The molecule has 1 aliphatic rings. The summed E-state index contributed by atoms with van der Waals surface area (Å²) in [6, 6.07) is 7.51. The van der Waals surface area contributed by atoms with Crippen molar-refractivity contribution in [2.24, 2.45) is 5.92 Å². The van der Waals surface area contributed by atoms with E-state index in [0.717, 1.165) is 16.6 Å². The van der Waals surface area contributed by atoms with Crippen molar-refractivity contribution in [1.29, 1.82) is 0 Å². The van der Waals surface area contributed by atoms with Crippen LogP contribution >= 0.6 is 0 Å². The quantitative estimate of drug-likeness (QED) is 0.733. The molecule has 1 fully saturated rings. The van der Waals surface area contributed by atoms with E-state index >= 15 is 0 Å². The van der Waals surface area contributed by atoms with Gasteiger partial charge in [-0.2, -0.15) is 8.78 Å². The first-order valence-corrected chi connectivity index (χ1v) is 9.54. The number of benzene rings is 1. The fourth-order valence-electron chi connectivity index (χ4n) is 4.59. The van der Waals surface area contributed by atoms with E-state index in [0.29, 0.717) is 24.9 Å². The number of alkyl halides is 2. The van der Waals surface area contributed by atoms with E-state index in [1.807, 2.05) is 38.1 Å². The zero-order valence-electron chi connectivity index (χ0n) is 16.6. The first-order valence-electron chi connectivity index (χ1n) is 9.54. The number of hydrogen-bond donors (Lipinski definition) is 0. The summed E-state index contributed by atoms with van der Waals surface area (Å²) < 4.78 is 32.7. The van der Waals surface area contributed by atoms with Gasteiger partial charge in [0.25, 0.3) is 5.91 Å². The zero-order valence-corrected chi connectivity index (χ0v) is 16.6. The summed E-state index contributed by atoms with van der Waals surface area (Å²) in [5.74, 6) is -1.25. The average Bonchev–Trinajstić information content (AvgIpc) is 2.97. The van der Waals surface area contributed by atoms with Gasteiger partial charge in [-0.1, -0.05) is 18.2 Å². The first-order chi connectivity index (χ1) is 13.3. The Balaban J connectivity index is 1.93. The van der Waals surface area contributed by atoms with Crippen LogP contribution in [0.4, 0.5) is 8.78 Å². The van der Waals surface area contributed by atoms with Gasteiger partial charge in [-0.15, -0.1) is 0 Å². The smallest absolute Gasteiger partial charge is 0.340 e. The Labute approximate surface area is 163 Å². The van der Waals surface area contributed by atoms with Crippen LogP contribution in [0.2, 0.25) is 0 Å². The van der Waals surface area contributed by atoms with Crippen molar-refractivity contribution in [1.82, 2.24) is 9.47 Å². The van der Waals surface area contributed by atoms with Crippen LogP contribution in [0.1, 0.15) is 48.8 Å². The van der Waals surface area contributed by atoms with Crippen LogP contribution in [-0.2, 0) is 9.53 Å². The third-order valence-corrected chi connectivity index (χ3v) is 6.02. The predicted octanol–water partition coefficient (Wildman–Crippen LogP) is 4.19. The average molecular weight is 392 g/mol. The molecule has 0 radical (unpaired) electrons. The monoisotopic (exact) mass is 392 g/mol. The van der Waals surface area contributed by atoms with Gasteiger partial charge in [0.15, 0.2) is 0 Å². The number of piperidine rings is 1. The summed E-state index contributed by atoms with van der Waals surface area (Å²) in [7, 11) is 1.37. The number of ether oxygens (including phenoxy) is 1. The SMILES string of the molecule is COC(=O)c1c(C)n(C(C)C2CCN(C(=O)C(F)F)C(C)C2)c2ccccc12. The largest absolute Gasteiger partial charge is 0.465 e. The van der Waals surface area contributed by atoms with Gasteiger partial charge in [0, 0.05) is 35.2 Å². The lowest BCUT2D eigenvalue weighted by molar-refractivity contribution is -0.147. The van der Waals surface area contributed by atoms with Gasteiger partial charge in [-0.25, -0.2) is 4.79 Å². The molecule has 28 heavy (non-hydrogen) atoms. The van der Waals surface area contributed by atoms with E-state index in [4.69, 9.17) is 4.74 Å². The molecule has 3 rings (SSSR count). The summed E-state index contributed by atoms with van der Waals surface area (Å²) in [6.07, 6.45) is -1.68. The number of methoxy groups -OCH3 is 1. The van der Waals surface area contributed by atoms with E-state index < -0.39 is 12.3 Å². The second kappa shape index (κ2) is 7.89. The number of likely N-dealkylation sites (tertiary alicyclic amines) is 1. The molecule has 152 valence electrons. The van der Waals surface area contributed by atoms with Crippen molar-refractivity contribution in [2.45, 2.75) is 52.1 Å². The molecule has 3 atom stereocenters. The van der Waals surface area contributed by atoms with E-state index in [1.54, 1.807) is 0 Å². The Morgan fingerprint density at radius 1 is 1.25 bits per heavy atom. The summed E-state index contributed by atoms with van der Waals surface area (Å²) in [5.41, 5.74) is 2.34. The number of nitrogens with zero attached hydrogens (tertiary/aromatic N) is 2. The molecule has 1 aromatic carbocycles. The van der Waals surface area contributed by atoms with Gasteiger partial charge in [0.1, 0.15) is 0 Å². The molecule has 0 saturated carbocycles. The van der Waals surface area contributed by atoms with Crippen molar-refractivity contribution in [3.8, 4) is 0 Å². The lowest BCUT2D eigenvalue weighted by atomic mass is 9.86. The highest BCUT2D eigenvalue weighted by Crippen LogP contribution is 2.37. The molecule has 2 heterocycles. The van der Waals surface area contributed by atoms with Crippen LogP contribution in [0.5, 0.6) is 0 Å². The van der Waals surface area contributed by atoms with Crippen LogP contribution in [-0.4, -0.2) is 47.5 Å². The Morgan fingerprint density at radius 3 is 2.54 bits per heavy atom. The number of esters is 1. The van der Waals surface area contributed by atoms with E-state index in [2.05, 4.69) is 11.5 Å². The third-order valence-electron chi connectivity index (χ3n) is 6.02. The minimum absolute atomic E-state index is 0.0505. The lowest BCUT2D eigenvalue weighted by Gasteiger charge is -2.40.